The molecule has 0 bridgehead atoms. The monoisotopic (exact) mass is 160 g/mol. The summed E-state index contributed by atoms with van der Waals surface area (Å²) in [7, 11) is 0. The van der Waals surface area contributed by atoms with E-state index in [-0.39, 0.29) is 0 Å². The second kappa shape index (κ2) is 3.89. The van der Waals surface area contributed by atoms with Gasteiger partial charge in [-0.1, -0.05) is 12.8 Å². The molecule has 0 aliphatic heterocycles. The first-order valence-corrected chi connectivity index (χ1v) is 3.96. The van der Waals surface area contributed by atoms with Crippen LogP contribution in [0.5, 0.6) is 0 Å². The maximum atomic E-state index is 5.54. The minimum atomic E-state index is 0.506. The molecule has 2 N–H and O–H groups in total. The van der Waals surface area contributed by atoms with Gasteiger partial charge in [0.25, 0.3) is 0 Å². The summed E-state index contributed by atoms with van der Waals surface area (Å²) < 4.78 is 0. The lowest BCUT2D eigenvalue weighted by atomic mass is 10.1. The summed E-state index contributed by atoms with van der Waals surface area (Å²) in [5.74, 6) is 2.53. The van der Waals surface area contributed by atoms with Gasteiger partial charge in [0, 0.05) is 24.0 Å². The number of pyridine rings is 1. The Labute approximate surface area is 72.8 Å². The van der Waals surface area contributed by atoms with Crippen LogP contribution in [0.4, 0.5) is 0 Å². The van der Waals surface area contributed by atoms with Crippen molar-refractivity contribution in [2.24, 2.45) is 5.73 Å². The molecule has 1 aromatic rings. The molecule has 0 aliphatic carbocycles. The third-order valence-electron chi connectivity index (χ3n) is 1.78. The Balaban J connectivity index is 3.13. The van der Waals surface area contributed by atoms with Gasteiger partial charge in [-0.05, 0) is 18.1 Å². The zero-order valence-electron chi connectivity index (χ0n) is 7.17. The van der Waals surface area contributed by atoms with E-state index in [1.165, 1.54) is 0 Å². The molecule has 0 saturated carbocycles. The topological polar surface area (TPSA) is 38.9 Å². The van der Waals surface area contributed by atoms with Crippen molar-refractivity contribution < 1.29 is 0 Å². The van der Waals surface area contributed by atoms with Crippen LogP contribution in [0.25, 0.3) is 0 Å². The van der Waals surface area contributed by atoms with Crippen molar-refractivity contribution in [3.8, 4) is 12.3 Å². The Hall–Kier alpha value is -1.33. The van der Waals surface area contributed by atoms with Gasteiger partial charge in [0.15, 0.2) is 0 Å². The standard InChI is InChI=1S/C10H12N2/c1-3-8-5-9(6-11)10(4-2)12-7-8/h1,5,7H,4,6,11H2,2H3. The predicted molar refractivity (Wildman–Crippen MR) is 49.4 cm³/mol. The third-order valence-corrected chi connectivity index (χ3v) is 1.78. The van der Waals surface area contributed by atoms with E-state index in [1.54, 1.807) is 6.20 Å². The molecule has 1 aromatic heterocycles. The minimum Gasteiger partial charge on any atom is -0.326 e. The van der Waals surface area contributed by atoms with E-state index in [2.05, 4.69) is 17.8 Å². The molecule has 1 heterocycles. The van der Waals surface area contributed by atoms with Crippen LogP contribution >= 0.6 is 0 Å². The van der Waals surface area contributed by atoms with E-state index in [0.717, 1.165) is 23.2 Å². The molecular weight excluding hydrogens is 148 g/mol. The summed E-state index contributed by atoms with van der Waals surface area (Å²) in [6, 6.07) is 1.92. The van der Waals surface area contributed by atoms with E-state index < -0.39 is 0 Å². The molecule has 2 heteroatoms. The lowest BCUT2D eigenvalue weighted by Crippen LogP contribution is -2.03. The Bertz CT molecular complexity index is 310. The number of hydrogen-bond acceptors (Lipinski definition) is 2. The van der Waals surface area contributed by atoms with Crippen molar-refractivity contribution >= 4 is 0 Å². The molecule has 2 nitrogen and oxygen atoms in total. The summed E-state index contributed by atoms with van der Waals surface area (Å²) in [5.41, 5.74) is 8.43. The van der Waals surface area contributed by atoms with Crippen molar-refractivity contribution in [2.75, 3.05) is 0 Å². The summed E-state index contributed by atoms with van der Waals surface area (Å²) in [4.78, 5) is 4.22. The smallest absolute Gasteiger partial charge is 0.0446 e. The van der Waals surface area contributed by atoms with Gasteiger partial charge in [-0.15, -0.1) is 6.42 Å². The molecule has 62 valence electrons. The molecule has 0 amide bonds. The number of nitrogens with two attached hydrogens (primary N) is 1. The van der Waals surface area contributed by atoms with Gasteiger partial charge >= 0.3 is 0 Å². The summed E-state index contributed by atoms with van der Waals surface area (Å²) in [6.45, 7) is 2.56. The Morgan fingerprint density at radius 2 is 2.42 bits per heavy atom. The molecule has 0 radical (unpaired) electrons. The Kier molecular flexibility index (Phi) is 2.84. The SMILES string of the molecule is C#Cc1cnc(CC)c(CN)c1. The normalized spacial score (nSPS) is 9.42. The third kappa shape index (κ3) is 1.63. The fraction of sp³-hybridized carbons (Fsp3) is 0.300. The quantitative estimate of drug-likeness (QED) is 0.657. The van der Waals surface area contributed by atoms with Crippen LogP contribution in [0.2, 0.25) is 0 Å². The maximum Gasteiger partial charge on any atom is 0.0446 e. The van der Waals surface area contributed by atoms with Crippen LogP contribution in [0.3, 0.4) is 0 Å². The summed E-state index contributed by atoms with van der Waals surface area (Å²) in [6.07, 6.45) is 7.84. The van der Waals surface area contributed by atoms with Gasteiger partial charge in [0.1, 0.15) is 0 Å². The van der Waals surface area contributed by atoms with Gasteiger partial charge in [-0.2, -0.15) is 0 Å². The van der Waals surface area contributed by atoms with E-state index in [1.807, 2.05) is 6.07 Å². The van der Waals surface area contributed by atoms with Crippen molar-refractivity contribution in [3.05, 3.63) is 29.1 Å². The van der Waals surface area contributed by atoms with Gasteiger partial charge in [-0.3, -0.25) is 4.98 Å². The number of rotatable bonds is 2. The molecule has 0 aliphatic rings. The summed E-state index contributed by atoms with van der Waals surface area (Å²) >= 11 is 0. The van der Waals surface area contributed by atoms with Crippen LogP contribution in [0.1, 0.15) is 23.7 Å². The molecule has 1 rings (SSSR count). The molecule has 0 atom stereocenters. The van der Waals surface area contributed by atoms with Gasteiger partial charge < -0.3 is 5.73 Å². The van der Waals surface area contributed by atoms with Crippen molar-refractivity contribution in [1.82, 2.24) is 4.98 Å². The Morgan fingerprint density at radius 3 is 2.92 bits per heavy atom. The molecule has 0 fully saturated rings. The van der Waals surface area contributed by atoms with E-state index in [0.29, 0.717) is 6.54 Å². The van der Waals surface area contributed by atoms with Gasteiger partial charge in [0.05, 0.1) is 0 Å². The van der Waals surface area contributed by atoms with E-state index in [4.69, 9.17) is 12.2 Å². The highest BCUT2D eigenvalue weighted by Crippen LogP contribution is 2.07. The highest BCUT2D eigenvalue weighted by molar-refractivity contribution is 5.35. The highest BCUT2D eigenvalue weighted by Gasteiger charge is 2.00. The average Bonchev–Trinajstić information content (AvgIpc) is 2.16. The molecule has 0 spiro atoms. The second-order valence-electron chi connectivity index (χ2n) is 2.53. The van der Waals surface area contributed by atoms with Crippen molar-refractivity contribution in [2.45, 2.75) is 19.9 Å². The zero-order valence-corrected chi connectivity index (χ0v) is 7.17. The number of hydrogen-bond donors (Lipinski definition) is 1. The number of aryl methyl sites for hydroxylation is 1. The summed E-state index contributed by atoms with van der Waals surface area (Å²) in [5, 5.41) is 0. The van der Waals surface area contributed by atoms with Crippen LogP contribution in [0, 0.1) is 12.3 Å². The first-order chi connectivity index (χ1) is 5.81. The van der Waals surface area contributed by atoms with Crippen LogP contribution in [0.15, 0.2) is 12.3 Å². The van der Waals surface area contributed by atoms with Crippen LogP contribution in [-0.4, -0.2) is 4.98 Å². The molecular formula is C10H12N2. The van der Waals surface area contributed by atoms with E-state index in [9.17, 15) is 0 Å². The second-order valence-corrected chi connectivity index (χ2v) is 2.53. The van der Waals surface area contributed by atoms with Crippen molar-refractivity contribution in [3.63, 3.8) is 0 Å². The predicted octanol–water partition coefficient (Wildman–Crippen LogP) is 1.08. The number of terminal acetylenes is 1. The molecule has 0 aromatic carbocycles. The fourth-order valence-electron chi connectivity index (χ4n) is 1.11. The molecule has 12 heavy (non-hydrogen) atoms. The van der Waals surface area contributed by atoms with Gasteiger partial charge in [-0.25, -0.2) is 0 Å². The maximum absolute atomic E-state index is 5.54. The first kappa shape index (κ1) is 8.76. The first-order valence-electron chi connectivity index (χ1n) is 3.96. The van der Waals surface area contributed by atoms with Crippen LogP contribution < -0.4 is 5.73 Å². The number of aromatic nitrogens is 1. The molecule has 0 unspecified atom stereocenters. The fourth-order valence-corrected chi connectivity index (χ4v) is 1.11. The lowest BCUT2D eigenvalue weighted by molar-refractivity contribution is 0.943. The van der Waals surface area contributed by atoms with Crippen LogP contribution in [-0.2, 0) is 13.0 Å². The minimum absolute atomic E-state index is 0.506. The zero-order chi connectivity index (χ0) is 8.97. The lowest BCUT2D eigenvalue weighted by Gasteiger charge is -2.03. The van der Waals surface area contributed by atoms with Crippen molar-refractivity contribution in [1.29, 1.82) is 0 Å². The average molecular weight is 160 g/mol. The number of nitrogens with zero attached hydrogens (tertiary/aromatic N) is 1. The molecule has 0 saturated heterocycles. The Morgan fingerprint density at radius 1 is 1.67 bits per heavy atom. The highest BCUT2D eigenvalue weighted by atomic mass is 14.7. The largest absolute Gasteiger partial charge is 0.326 e. The van der Waals surface area contributed by atoms with Gasteiger partial charge in [0.2, 0.25) is 0 Å². The van der Waals surface area contributed by atoms with E-state index >= 15 is 0 Å².